The normalized spacial score (nSPS) is 19.0. The van der Waals surface area contributed by atoms with Crippen LogP contribution in [0.5, 0.6) is 5.75 Å². The first kappa shape index (κ1) is 16.2. The van der Waals surface area contributed by atoms with Gasteiger partial charge in [-0.15, -0.1) is 10.2 Å². The molecular formula is C16H20ClN3O3. The second kappa shape index (κ2) is 7.29. The van der Waals surface area contributed by atoms with Crippen LogP contribution in [0.15, 0.2) is 22.6 Å². The quantitative estimate of drug-likeness (QED) is 0.835. The zero-order valence-electron chi connectivity index (χ0n) is 13.3. The molecule has 0 aliphatic carbocycles. The Balaban J connectivity index is 1.85. The second-order valence-corrected chi connectivity index (χ2v) is 5.78. The number of halogens is 1. The third kappa shape index (κ3) is 3.65. The molecule has 2 aromatic rings. The first-order valence-corrected chi connectivity index (χ1v) is 8.08. The van der Waals surface area contributed by atoms with E-state index in [9.17, 15) is 0 Å². The highest BCUT2D eigenvalue weighted by Gasteiger charge is 2.30. The summed E-state index contributed by atoms with van der Waals surface area (Å²) in [6.07, 6.45) is 0. The fourth-order valence-corrected chi connectivity index (χ4v) is 2.91. The van der Waals surface area contributed by atoms with Gasteiger partial charge in [0.2, 0.25) is 11.8 Å². The molecule has 1 saturated heterocycles. The molecule has 1 atom stereocenters. The Labute approximate surface area is 140 Å². The molecule has 1 aromatic carbocycles. The zero-order chi connectivity index (χ0) is 16.2. The van der Waals surface area contributed by atoms with Crippen molar-refractivity contribution in [3.05, 3.63) is 40.6 Å². The minimum absolute atomic E-state index is 0.0734. The van der Waals surface area contributed by atoms with Crippen LogP contribution in [0.2, 0.25) is 5.02 Å². The summed E-state index contributed by atoms with van der Waals surface area (Å²) in [5.41, 5.74) is 0.971. The number of nitrogens with zero attached hydrogens (tertiary/aromatic N) is 3. The highest BCUT2D eigenvalue weighted by atomic mass is 35.5. The first-order chi connectivity index (χ1) is 11.2. The van der Waals surface area contributed by atoms with Gasteiger partial charge in [-0.3, -0.25) is 4.90 Å². The van der Waals surface area contributed by atoms with Crippen molar-refractivity contribution in [1.82, 2.24) is 15.1 Å². The molecule has 7 heteroatoms. The fraction of sp³-hybridized carbons (Fsp3) is 0.500. The number of aryl methyl sites for hydroxylation is 1. The van der Waals surface area contributed by atoms with Gasteiger partial charge >= 0.3 is 0 Å². The number of hydrogen-bond donors (Lipinski definition) is 0. The summed E-state index contributed by atoms with van der Waals surface area (Å²) in [6.45, 7) is 6.94. The van der Waals surface area contributed by atoms with Gasteiger partial charge in [0.05, 0.1) is 19.8 Å². The highest BCUT2D eigenvalue weighted by molar-refractivity contribution is 6.31. The molecule has 1 aromatic heterocycles. The molecule has 1 aliphatic rings. The Bertz CT molecular complexity index is 662. The van der Waals surface area contributed by atoms with E-state index in [-0.39, 0.29) is 6.04 Å². The molecule has 3 rings (SSSR count). The first-order valence-electron chi connectivity index (χ1n) is 7.71. The van der Waals surface area contributed by atoms with Crippen molar-refractivity contribution in [2.75, 3.05) is 26.4 Å². The molecular weight excluding hydrogens is 318 g/mol. The number of benzene rings is 1. The van der Waals surface area contributed by atoms with Crippen LogP contribution in [-0.4, -0.2) is 41.5 Å². The van der Waals surface area contributed by atoms with Crippen molar-refractivity contribution >= 4 is 11.6 Å². The molecule has 124 valence electrons. The summed E-state index contributed by atoms with van der Waals surface area (Å²) in [6, 6.07) is 5.65. The maximum atomic E-state index is 6.39. The minimum Gasteiger partial charge on any atom is -0.493 e. The predicted octanol–water partition coefficient (Wildman–Crippen LogP) is 3.00. The van der Waals surface area contributed by atoms with Gasteiger partial charge in [0.25, 0.3) is 0 Å². The van der Waals surface area contributed by atoms with Gasteiger partial charge in [-0.2, -0.15) is 0 Å². The van der Waals surface area contributed by atoms with E-state index in [1.165, 1.54) is 0 Å². The van der Waals surface area contributed by atoms with E-state index in [0.29, 0.717) is 43.2 Å². The lowest BCUT2D eigenvalue weighted by Crippen LogP contribution is -2.39. The molecule has 23 heavy (non-hydrogen) atoms. The largest absolute Gasteiger partial charge is 0.493 e. The molecule has 1 fully saturated rings. The zero-order valence-corrected chi connectivity index (χ0v) is 14.0. The van der Waals surface area contributed by atoms with Gasteiger partial charge in [0, 0.05) is 30.6 Å². The van der Waals surface area contributed by atoms with Gasteiger partial charge in [0.1, 0.15) is 11.8 Å². The van der Waals surface area contributed by atoms with E-state index < -0.39 is 0 Å². The molecule has 0 amide bonds. The van der Waals surface area contributed by atoms with E-state index in [2.05, 4.69) is 15.1 Å². The Morgan fingerprint density at radius 1 is 1.39 bits per heavy atom. The SMILES string of the molecule is CCOc1cccc(Cl)c1CN1CCOC[C@H]1c1nnc(C)o1. The highest BCUT2D eigenvalue weighted by Crippen LogP contribution is 2.32. The Morgan fingerprint density at radius 2 is 2.26 bits per heavy atom. The topological polar surface area (TPSA) is 60.6 Å². The number of hydrogen-bond acceptors (Lipinski definition) is 6. The van der Waals surface area contributed by atoms with Crippen molar-refractivity contribution in [2.24, 2.45) is 0 Å². The summed E-state index contributed by atoms with van der Waals surface area (Å²) >= 11 is 6.39. The summed E-state index contributed by atoms with van der Waals surface area (Å²) in [5, 5.41) is 8.76. The Kier molecular flexibility index (Phi) is 5.15. The Morgan fingerprint density at radius 3 is 3.00 bits per heavy atom. The predicted molar refractivity (Wildman–Crippen MR) is 85.6 cm³/mol. The van der Waals surface area contributed by atoms with Crippen molar-refractivity contribution in [3.8, 4) is 5.75 Å². The smallest absolute Gasteiger partial charge is 0.235 e. The monoisotopic (exact) mass is 337 g/mol. The molecule has 0 radical (unpaired) electrons. The van der Waals surface area contributed by atoms with Gasteiger partial charge < -0.3 is 13.9 Å². The van der Waals surface area contributed by atoms with E-state index >= 15 is 0 Å². The van der Waals surface area contributed by atoms with Crippen molar-refractivity contribution in [3.63, 3.8) is 0 Å². The molecule has 0 unspecified atom stereocenters. The lowest BCUT2D eigenvalue weighted by atomic mass is 10.1. The van der Waals surface area contributed by atoms with Crippen molar-refractivity contribution in [2.45, 2.75) is 26.4 Å². The van der Waals surface area contributed by atoms with Gasteiger partial charge in [-0.25, -0.2) is 0 Å². The molecule has 1 aliphatic heterocycles. The molecule has 0 spiro atoms. The van der Waals surface area contributed by atoms with Crippen molar-refractivity contribution < 1.29 is 13.9 Å². The summed E-state index contributed by atoms with van der Waals surface area (Å²) in [5.74, 6) is 1.94. The Hall–Kier alpha value is -1.63. The van der Waals surface area contributed by atoms with Crippen LogP contribution >= 0.6 is 11.6 Å². The number of aromatic nitrogens is 2. The van der Waals surface area contributed by atoms with Crippen LogP contribution in [0.25, 0.3) is 0 Å². The minimum atomic E-state index is -0.0734. The van der Waals surface area contributed by atoms with E-state index in [1.54, 1.807) is 6.92 Å². The third-order valence-corrected chi connectivity index (χ3v) is 4.16. The van der Waals surface area contributed by atoms with Crippen LogP contribution in [0, 0.1) is 6.92 Å². The van der Waals surface area contributed by atoms with Crippen LogP contribution in [0.1, 0.15) is 30.3 Å². The van der Waals surface area contributed by atoms with Crippen LogP contribution in [0.3, 0.4) is 0 Å². The summed E-state index contributed by atoms with van der Waals surface area (Å²) in [7, 11) is 0. The van der Waals surface area contributed by atoms with E-state index in [4.69, 9.17) is 25.5 Å². The maximum Gasteiger partial charge on any atom is 0.235 e. The van der Waals surface area contributed by atoms with E-state index in [1.807, 2.05) is 25.1 Å². The van der Waals surface area contributed by atoms with Gasteiger partial charge in [-0.1, -0.05) is 17.7 Å². The molecule has 2 heterocycles. The van der Waals surface area contributed by atoms with Crippen LogP contribution < -0.4 is 4.74 Å². The van der Waals surface area contributed by atoms with E-state index in [0.717, 1.165) is 17.9 Å². The van der Waals surface area contributed by atoms with Crippen LogP contribution in [0.4, 0.5) is 0 Å². The number of ether oxygens (including phenoxy) is 2. The van der Waals surface area contributed by atoms with Gasteiger partial charge in [0.15, 0.2) is 0 Å². The number of rotatable bonds is 5. The fourth-order valence-electron chi connectivity index (χ4n) is 2.69. The second-order valence-electron chi connectivity index (χ2n) is 5.37. The van der Waals surface area contributed by atoms with Crippen molar-refractivity contribution in [1.29, 1.82) is 0 Å². The average molecular weight is 338 g/mol. The van der Waals surface area contributed by atoms with Crippen LogP contribution in [-0.2, 0) is 11.3 Å². The lowest BCUT2D eigenvalue weighted by Gasteiger charge is -2.33. The van der Waals surface area contributed by atoms with Gasteiger partial charge in [-0.05, 0) is 19.1 Å². The molecule has 0 N–H and O–H groups in total. The maximum absolute atomic E-state index is 6.39. The summed E-state index contributed by atoms with van der Waals surface area (Å²) < 4.78 is 16.9. The summed E-state index contributed by atoms with van der Waals surface area (Å²) in [4.78, 5) is 2.24. The third-order valence-electron chi connectivity index (χ3n) is 3.80. The molecule has 0 saturated carbocycles. The molecule has 6 nitrogen and oxygen atoms in total. The average Bonchev–Trinajstić information content (AvgIpc) is 2.98. The molecule has 0 bridgehead atoms. The standard InChI is InChI=1S/C16H20ClN3O3/c1-3-22-15-6-4-5-13(17)12(15)9-20-7-8-21-10-14(20)16-19-18-11(2)23-16/h4-6,14H,3,7-10H2,1-2H3/t14-/m0/s1. The lowest BCUT2D eigenvalue weighted by molar-refractivity contribution is -0.0228. The number of morpholine rings is 1.